The number of esters is 1. The van der Waals surface area contributed by atoms with Crippen molar-refractivity contribution >= 4 is 22.3 Å². The van der Waals surface area contributed by atoms with Crippen LogP contribution < -0.4 is 19.9 Å². The van der Waals surface area contributed by atoms with Gasteiger partial charge < -0.3 is 24.7 Å². The average molecular weight is 337 g/mol. The monoisotopic (exact) mass is 337 g/mol. The zero-order chi connectivity index (χ0) is 17.0. The highest BCUT2D eigenvalue weighted by molar-refractivity contribution is 7.15. The van der Waals surface area contributed by atoms with Crippen molar-refractivity contribution in [2.45, 2.75) is 6.92 Å². The number of hydrogen-bond acceptors (Lipinski definition) is 7. The topological polar surface area (TPSA) is 80.0 Å². The summed E-state index contributed by atoms with van der Waals surface area (Å²) in [6, 6.07) is 3.55. The zero-order valence-electron chi connectivity index (χ0n) is 13.5. The molecule has 2 N–H and O–H groups in total. The highest BCUT2D eigenvalue weighted by Crippen LogP contribution is 2.47. The van der Waals surface area contributed by atoms with Crippen LogP contribution in [0.2, 0.25) is 0 Å². The van der Waals surface area contributed by atoms with E-state index in [1.807, 2.05) is 0 Å². The SMILES string of the molecule is CCOC(=O)c1c(-c2ccc(OC)c(OC)c2OC)csc1N. The van der Waals surface area contributed by atoms with Crippen LogP contribution in [0.5, 0.6) is 17.2 Å². The van der Waals surface area contributed by atoms with Crippen LogP contribution in [0.15, 0.2) is 17.5 Å². The van der Waals surface area contributed by atoms with Gasteiger partial charge in [0.15, 0.2) is 11.5 Å². The molecule has 6 nitrogen and oxygen atoms in total. The van der Waals surface area contributed by atoms with Crippen molar-refractivity contribution in [2.24, 2.45) is 0 Å². The summed E-state index contributed by atoms with van der Waals surface area (Å²) in [5, 5.41) is 2.20. The predicted molar refractivity (Wildman–Crippen MR) is 89.8 cm³/mol. The first-order valence-electron chi connectivity index (χ1n) is 6.92. The van der Waals surface area contributed by atoms with E-state index in [1.54, 1.807) is 31.5 Å². The second kappa shape index (κ2) is 7.23. The first kappa shape index (κ1) is 17.0. The highest BCUT2D eigenvalue weighted by Gasteiger charge is 2.24. The summed E-state index contributed by atoms with van der Waals surface area (Å²) in [4.78, 5) is 12.2. The van der Waals surface area contributed by atoms with Crippen LogP contribution in [0, 0.1) is 0 Å². The van der Waals surface area contributed by atoms with Gasteiger partial charge in [0.05, 0.1) is 27.9 Å². The number of benzene rings is 1. The van der Waals surface area contributed by atoms with E-state index in [0.717, 1.165) is 0 Å². The Kier molecular flexibility index (Phi) is 5.33. The summed E-state index contributed by atoms with van der Waals surface area (Å²) in [6.07, 6.45) is 0. The van der Waals surface area contributed by atoms with Crippen molar-refractivity contribution in [1.82, 2.24) is 0 Å². The van der Waals surface area contributed by atoms with Gasteiger partial charge in [0.25, 0.3) is 0 Å². The van der Waals surface area contributed by atoms with Gasteiger partial charge >= 0.3 is 5.97 Å². The van der Waals surface area contributed by atoms with E-state index in [-0.39, 0.29) is 6.61 Å². The first-order chi connectivity index (χ1) is 11.1. The molecule has 1 aromatic heterocycles. The Morgan fingerprint density at radius 1 is 1.09 bits per heavy atom. The molecule has 1 aromatic carbocycles. The maximum atomic E-state index is 12.2. The standard InChI is InChI=1S/C16H19NO5S/c1-5-22-16(18)12-10(8-23-15(12)17)9-6-7-11(19-2)14(21-4)13(9)20-3/h6-8H,5,17H2,1-4H3. The third kappa shape index (κ3) is 3.05. The van der Waals surface area contributed by atoms with Gasteiger partial charge in [0.1, 0.15) is 10.6 Å². The zero-order valence-corrected chi connectivity index (χ0v) is 14.3. The third-order valence-corrected chi connectivity index (χ3v) is 4.11. The van der Waals surface area contributed by atoms with Gasteiger partial charge in [-0.2, -0.15) is 0 Å². The van der Waals surface area contributed by atoms with E-state index in [4.69, 9.17) is 24.7 Å². The molecule has 0 fully saturated rings. The lowest BCUT2D eigenvalue weighted by Crippen LogP contribution is -2.07. The molecule has 0 radical (unpaired) electrons. The fourth-order valence-corrected chi connectivity index (χ4v) is 3.10. The summed E-state index contributed by atoms with van der Waals surface area (Å²) in [6.45, 7) is 2.02. The van der Waals surface area contributed by atoms with Gasteiger partial charge in [-0.15, -0.1) is 11.3 Å². The number of anilines is 1. The molecule has 0 saturated carbocycles. The van der Waals surface area contributed by atoms with Crippen molar-refractivity contribution in [3.63, 3.8) is 0 Å². The van der Waals surface area contributed by atoms with Gasteiger partial charge in [-0.1, -0.05) is 0 Å². The van der Waals surface area contributed by atoms with Crippen LogP contribution in [0.4, 0.5) is 5.00 Å². The molecule has 124 valence electrons. The summed E-state index contributed by atoms with van der Waals surface area (Å²) in [5.74, 6) is 0.995. The van der Waals surface area contributed by atoms with Gasteiger partial charge in [-0.25, -0.2) is 4.79 Å². The molecular weight excluding hydrogens is 318 g/mol. The number of hydrogen-bond donors (Lipinski definition) is 1. The molecule has 0 spiro atoms. The summed E-state index contributed by atoms with van der Waals surface area (Å²) in [7, 11) is 4.60. The number of nitrogen functional groups attached to an aromatic ring is 1. The van der Waals surface area contributed by atoms with Crippen molar-refractivity contribution in [1.29, 1.82) is 0 Å². The van der Waals surface area contributed by atoms with Crippen molar-refractivity contribution < 1.29 is 23.7 Å². The maximum absolute atomic E-state index is 12.2. The number of thiophene rings is 1. The molecule has 2 rings (SSSR count). The number of rotatable bonds is 6. The second-order valence-electron chi connectivity index (χ2n) is 4.49. The molecule has 1 heterocycles. The molecule has 7 heteroatoms. The molecule has 0 amide bonds. The Morgan fingerprint density at radius 2 is 1.78 bits per heavy atom. The number of carbonyl (C=O) groups is 1. The fraction of sp³-hybridized carbons (Fsp3) is 0.312. The number of ether oxygens (including phenoxy) is 4. The van der Waals surface area contributed by atoms with Crippen LogP contribution in [0.1, 0.15) is 17.3 Å². The van der Waals surface area contributed by atoms with E-state index in [0.29, 0.717) is 38.9 Å². The number of methoxy groups -OCH3 is 3. The van der Waals surface area contributed by atoms with Crippen molar-refractivity contribution in [3.05, 3.63) is 23.1 Å². The molecule has 0 bridgehead atoms. The fourth-order valence-electron chi connectivity index (χ4n) is 2.30. The molecule has 0 atom stereocenters. The van der Waals surface area contributed by atoms with E-state index >= 15 is 0 Å². The van der Waals surface area contributed by atoms with E-state index < -0.39 is 5.97 Å². The Labute approximate surface area is 138 Å². The van der Waals surface area contributed by atoms with Crippen LogP contribution in [0.25, 0.3) is 11.1 Å². The third-order valence-electron chi connectivity index (χ3n) is 3.29. The molecule has 0 aliphatic heterocycles. The minimum absolute atomic E-state index is 0.274. The van der Waals surface area contributed by atoms with Gasteiger partial charge in [0.2, 0.25) is 5.75 Å². The smallest absolute Gasteiger partial charge is 0.341 e. The van der Waals surface area contributed by atoms with Crippen LogP contribution in [-0.4, -0.2) is 33.9 Å². The molecule has 0 aliphatic rings. The molecule has 0 aliphatic carbocycles. The lowest BCUT2D eigenvalue weighted by molar-refractivity contribution is 0.0529. The molecular formula is C16H19NO5S. The predicted octanol–water partition coefficient (Wildman–Crippen LogP) is 3.20. The maximum Gasteiger partial charge on any atom is 0.341 e. The summed E-state index contributed by atoms with van der Waals surface area (Å²) >= 11 is 1.27. The molecule has 0 unspecified atom stereocenters. The quantitative estimate of drug-likeness (QED) is 0.815. The Hall–Kier alpha value is -2.41. The van der Waals surface area contributed by atoms with Crippen LogP contribution in [-0.2, 0) is 4.74 Å². The Bertz CT molecular complexity index is 711. The van der Waals surface area contributed by atoms with E-state index in [2.05, 4.69) is 0 Å². The van der Waals surface area contributed by atoms with Crippen molar-refractivity contribution in [3.8, 4) is 28.4 Å². The van der Waals surface area contributed by atoms with Gasteiger partial charge in [-0.05, 0) is 19.1 Å². The second-order valence-corrected chi connectivity index (χ2v) is 5.40. The van der Waals surface area contributed by atoms with E-state index in [1.165, 1.54) is 25.6 Å². The summed E-state index contributed by atoms with van der Waals surface area (Å²) in [5.41, 5.74) is 7.61. The van der Waals surface area contributed by atoms with E-state index in [9.17, 15) is 4.79 Å². The Morgan fingerprint density at radius 3 is 2.35 bits per heavy atom. The largest absolute Gasteiger partial charge is 0.493 e. The van der Waals surface area contributed by atoms with Crippen molar-refractivity contribution in [2.75, 3.05) is 33.7 Å². The average Bonchev–Trinajstić information content (AvgIpc) is 2.94. The highest BCUT2D eigenvalue weighted by atomic mass is 32.1. The van der Waals surface area contributed by atoms with Gasteiger partial charge in [-0.3, -0.25) is 0 Å². The lowest BCUT2D eigenvalue weighted by atomic mass is 10.0. The van der Waals surface area contributed by atoms with Crippen LogP contribution in [0.3, 0.4) is 0 Å². The minimum Gasteiger partial charge on any atom is -0.493 e. The molecule has 2 aromatic rings. The van der Waals surface area contributed by atoms with Crippen LogP contribution >= 0.6 is 11.3 Å². The summed E-state index contributed by atoms with van der Waals surface area (Å²) < 4.78 is 21.2. The number of carbonyl (C=O) groups excluding carboxylic acids is 1. The minimum atomic E-state index is -0.460. The molecule has 0 saturated heterocycles. The molecule has 23 heavy (non-hydrogen) atoms. The number of nitrogens with two attached hydrogens (primary N) is 1. The Balaban J connectivity index is 2.66. The van der Waals surface area contributed by atoms with Gasteiger partial charge in [0, 0.05) is 16.5 Å². The first-order valence-corrected chi connectivity index (χ1v) is 7.80. The normalized spacial score (nSPS) is 10.3. The lowest BCUT2D eigenvalue weighted by Gasteiger charge is -2.16.